The number of carbonyl (C=O) groups is 2. The molecular weight excluding hydrogens is 390 g/mol. The zero-order chi connectivity index (χ0) is 21.8. The van der Waals surface area contributed by atoms with E-state index in [0.717, 1.165) is 0 Å². The fourth-order valence-electron chi connectivity index (χ4n) is 2.95. The molecule has 0 saturated heterocycles. The highest BCUT2D eigenvalue weighted by Crippen LogP contribution is 2.31. The lowest BCUT2D eigenvalue weighted by Gasteiger charge is -2.18. The van der Waals surface area contributed by atoms with Crippen LogP contribution in [-0.2, 0) is 9.59 Å². The van der Waals surface area contributed by atoms with Crippen LogP contribution in [0.3, 0.4) is 0 Å². The third-order valence-corrected chi connectivity index (χ3v) is 4.46. The quantitative estimate of drug-likeness (QED) is 0.546. The molecule has 0 spiro atoms. The van der Waals surface area contributed by atoms with Crippen molar-refractivity contribution >= 4 is 22.8 Å². The molecule has 8 heteroatoms. The Morgan fingerprint density at radius 2 is 1.83 bits per heavy atom. The maximum absolute atomic E-state index is 12.4. The second kappa shape index (κ2) is 8.69. The number of ether oxygens (including phenoxy) is 1. The van der Waals surface area contributed by atoms with Gasteiger partial charge in [-0.1, -0.05) is 44.2 Å². The van der Waals surface area contributed by atoms with E-state index >= 15 is 0 Å². The lowest BCUT2D eigenvalue weighted by Crippen LogP contribution is -2.46. The molecule has 1 amide bonds. The fraction of sp³-hybridized carbons (Fsp3) is 0.227. The molecule has 3 N–H and O–H groups in total. The average Bonchev–Trinajstić information content (AvgIpc) is 2.70. The summed E-state index contributed by atoms with van der Waals surface area (Å²) in [7, 11) is 0. The molecule has 3 aromatic rings. The molecule has 156 valence electrons. The Balaban J connectivity index is 1.84. The van der Waals surface area contributed by atoms with Crippen molar-refractivity contribution in [2.45, 2.75) is 19.9 Å². The zero-order valence-corrected chi connectivity index (χ0v) is 16.4. The first kappa shape index (κ1) is 20.9. The van der Waals surface area contributed by atoms with Gasteiger partial charge >= 0.3 is 5.97 Å². The van der Waals surface area contributed by atoms with Gasteiger partial charge in [-0.25, -0.2) is 4.79 Å². The van der Waals surface area contributed by atoms with Gasteiger partial charge in [-0.15, -0.1) is 0 Å². The number of phenolic OH excluding ortho intramolecular Hbond substituents is 1. The molecule has 30 heavy (non-hydrogen) atoms. The van der Waals surface area contributed by atoms with E-state index in [2.05, 4.69) is 5.32 Å². The standard InChI is InChI=1S/C22H21NO7/c1-12(2)21(22(27)28)23-19(26)11-29-14-8-15(24)20-16(25)10-17(30-18(20)9-14)13-6-4-3-5-7-13/h3-10,12,21,24H,11H2,1-2H3,(H,23,26)(H,27,28). The van der Waals surface area contributed by atoms with Gasteiger partial charge in [0.2, 0.25) is 0 Å². The van der Waals surface area contributed by atoms with Crippen molar-refractivity contribution in [3.05, 3.63) is 58.8 Å². The van der Waals surface area contributed by atoms with Crippen LogP contribution in [0, 0.1) is 5.92 Å². The number of rotatable bonds is 7. The number of benzene rings is 2. The number of fused-ring (bicyclic) bond motifs is 1. The molecule has 0 aliphatic rings. The molecule has 0 bridgehead atoms. The number of nitrogens with one attached hydrogen (secondary N) is 1. The van der Waals surface area contributed by atoms with Gasteiger partial charge in [0, 0.05) is 23.8 Å². The summed E-state index contributed by atoms with van der Waals surface area (Å²) < 4.78 is 11.1. The largest absolute Gasteiger partial charge is 0.507 e. The molecule has 8 nitrogen and oxygen atoms in total. The molecule has 0 aliphatic heterocycles. The lowest BCUT2D eigenvalue weighted by molar-refractivity contribution is -0.143. The van der Waals surface area contributed by atoms with E-state index in [0.29, 0.717) is 11.3 Å². The number of aliphatic carboxylic acids is 1. The number of carboxylic acids is 1. The monoisotopic (exact) mass is 411 g/mol. The van der Waals surface area contributed by atoms with Gasteiger partial charge < -0.3 is 24.7 Å². The van der Waals surface area contributed by atoms with E-state index in [1.165, 1.54) is 18.2 Å². The molecule has 1 atom stereocenters. The minimum atomic E-state index is -1.14. The Morgan fingerprint density at radius 1 is 1.13 bits per heavy atom. The summed E-state index contributed by atoms with van der Waals surface area (Å²) >= 11 is 0. The van der Waals surface area contributed by atoms with Gasteiger partial charge in [0.15, 0.2) is 12.0 Å². The van der Waals surface area contributed by atoms with E-state index in [1.54, 1.807) is 38.1 Å². The van der Waals surface area contributed by atoms with E-state index < -0.39 is 30.0 Å². The van der Waals surface area contributed by atoms with Crippen LogP contribution in [0.5, 0.6) is 11.5 Å². The van der Waals surface area contributed by atoms with E-state index in [9.17, 15) is 19.5 Å². The molecule has 0 saturated carbocycles. The van der Waals surface area contributed by atoms with Crippen LogP contribution in [0.2, 0.25) is 0 Å². The van der Waals surface area contributed by atoms with Gasteiger partial charge in [-0.2, -0.15) is 0 Å². The summed E-state index contributed by atoms with van der Waals surface area (Å²) in [5, 5.41) is 21.8. The van der Waals surface area contributed by atoms with Crippen LogP contribution in [0.25, 0.3) is 22.3 Å². The van der Waals surface area contributed by atoms with E-state index in [-0.39, 0.29) is 28.4 Å². The molecule has 1 unspecified atom stereocenters. The van der Waals surface area contributed by atoms with Gasteiger partial charge in [-0.05, 0) is 5.92 Å². The Morgan fingerprint density at radius 3 is 2.47 bits per heavy atom. The first-order valence-corrected chi connectivity index (χ1v) is 9.27. The number of phenols is 1. The minimum Gasteiger partial charge on any atom is -0.507 e. The SMILES string of the molecule is CC(C)C(NC(=O)COc1cc(O)c2c(=O)cc(-c3ccccc3)oc2c1)C(=O)O. The van der Waals surface area contributed by atoms with Crippen molar-refractivity contribution in [1.82, 2.24) is 5.32 Å². The van der Waals surface area contributed by atoms with Crippen molar-refractivity contribution in [2.75, 3.05) is 6.61 Å². The van der Waals surface area contributed by atoms with Gasteiger partial charge in [-0.3, -0.25) is 9.59 Å². The average molecular weight is 411 g/mol. The van der Waals surface area contributed by atoms with Crippen LogP contribution in [0.15, 0.2) is 57.7 Å². The van der Waals surface area contributed by atoms with Crippen LogP contribution in [0.4, 0.5) is 0 Å². The van der Waals surface area contributed by atoms with E-state index in [1.807, 2.05) is 6.07 Å². The highest BCUT2D eigenvalue weighted by Gasteiger charge is 2.23. The second-order valence-electron chi connectivity index (χ2n) is 7.07. The van der Waals surface area contributed by atoms with Gasteiger partial charge in [0.05, 0.1) is 0 Å². The highest BCUT2D eigenvalue weighted by atomic mass is 16.5. The predicted octanol–water partition coefficient (Wildman–Crippen LogP) is 2.77. The summed E-state index contributed by atoms with van der Waals surface area (Å²) in [6.07, 6.45) is 0. The molecule has 0 radical (unpaired) electrons. The van der Waals surface area contributed by atoms with Crippen LogP contribution >= 0.6 is 0 Å². The van der Waals surface area contributed by atoms with Gasteiger partial charge in [0.25, 0.3) is 5.91 Å². The molecule has 1 heterocycles. The van der Waals surface area contributed by atoms with Crippen molar-refractivity contribution < 1.29 is 29.0 Å². The molecule has 3 rings (SSSR count). The fourth-order valence-corrected chi connectivity index (χ4v) is 2.95. The third kappa shape index (κ3) is 4.60. The van der Waals surface area contributed by atoms with Crippen LogP contribution in [0.1, 0.15) is 13.8 Å². The number of carbonyl (C=O) groups excluding carboxylic acids is 1. The molecule has 0 aliphatic carbocycles. The third-order valence-electron chi connectivity index (χ3n) is 4.46. The summed E-state index contributed by atoms with van der Waals surface area (Å²) in [4.78, 5) is 35.7. The number of hydrogen-bond donors (Lipinski definition) is 3. The Bertz CT molecular complexity index is 1140. The lowest BCUT2D eigenvalue weighted by atomic mass is 10.1. The maximum Gasteiger partial charge on any atom is 0.326 e. The minimum absolute atomic E-state index is 0.00256. The van der Waals surface area contributed by atoms with Crippen molar-refractivity contribution in [3.8, 4) is 22.8 Å². The van der Waals surface area contributed by atoms with E-state index in [4.69, 9.17) is 14.3 Å². The number of carboxylic acid groups (broad SMARTS) is 1. The Labute approximate surface area is 171 Å². The molecule has 1 aromatic heterocycles. The summed E-state index contributed by atoms with van der Waals surface area (Å²) in [5.74, 6) is -2.00. The predicted molar refractivity (Wildman–Crippen MR) is 109 cm³/mol. The topological polar surface area (TPSA) is 126 Å². The summed E-state index contributed by atoms with van der Waals surface area (Å²) in [6, 6.07) is 11.8. The molecular formula is C22H21NO7. The van der Waals surface area contributed by atoms with Crippen molar-refractivity contribution in [2.24, 2.45) is 5.92 Å². The first-order chi connectivity index (χ1) is 14.3. The molecule has 0 fully saturated rings. The Kier molecular flexibility index (Phi) is 6.06. The zero-order valence-electron chi connectivity index (χ0n) is 16.4. The molecule has 2 aromatic carbocycles. The first-order valence-electron chi connectivity index (χ1n) is 9.27. The highest BCUT2D eigenvalue weighted by molar-refractivity contribution is 5.87. The number of aromatic hydroxyl groups is 1. The second-order valence-corrected chi connectivity index (χ2v) is 7.07. The Hall–Kier alpha value is -3.81. The van der Waals surface area contributed by atoms with Crippen molar-refractivity contribution in [1.29, 1.82) is 0 Å². The number of hydrogen-bond acceptors (Lipinski definition) is 6. The summed E-state index contributed by atoms with van der Waals surface area (Å²) in [6.45, 7) is 2.88. The normalized spacial score (nSPS) is 12.0. The number of amides is 1. The van der Waals surface area contributed by atoms with Crippen molar-refractivity contribution in [3.63, 3.8) is 0 Å². The smallest absolute Gasteiger partial charge is 0.326 e. The summed E-state index contributed by atoms with van der Waals surface area (Å²) in [5.41, 5.74) is 0.371. The van der Waals surface area contributed by atoms with Gasteiger partial charge in [0.1, 0.15) is 34.3 Å². The maximum atomic E-state index is 12.4. The van der Waals surface area contributed by atoms with Crippen LogP contribution < -0.4 is 15.5 Å². The van der Waals surface area contributed by atoms with Crippen LogP contribution in [-0.4, -0.2) is 34.7 Å².